The third kappa shape index (κ3) is 4.79. The number of amides is 1. The van der Waals surface area contributed by atoms with Crippen LogP contribution in [0.15, 0.2) is 48.5 Å². The van der Waals surface area contributed by atoms with Crippen LogP contribution in [0.1, 0.15) is 42.1 Å². The molecule has 1 heterocycles. The van der Waals surface area contributed by atoms with E-state index in [9.17, 15) is 13.2 Å². The van der Waals surface area contributed by atoms with E-state index >= 15 is 0 Å². The molecule has 0 unspecified atom stereocenters. The van der Waals surface area contributed by atoms with E-state index in [1.54, 1.807) is 22.5 Å². The van der Waals surface area contributed by atoms with Crippen LogP contribution in [0.25, 0.3) is 0 Å². The van der Waals surface area contributed by atoms with Crippen LogP contribution in [0.5, 0.6) is 0 Å². The summed E-state index contributed by atoms with van der Waals surface area (Å²) in [5.74, 6) is -0.164. The second-order valence-corrected chi connectivity index (χ2v) is 10.2. The quantitative estimate of drug-likeness (QED) is 0.633. The minimum Gasteiger partial charge on any atom is -0.398 e. The molecule has 0 bridgehead atoms. The van der Waals surface area contributed by atoms with Gasteiger partial charge in [-0.1, -0.05) is 54.9 Å². The van der Waals surface area contributed by atoms with Crippen LogP contribution in [0.4, 0.5) is 5.69 Å². The Morgan fingerprint density at radius 3 is 2.40 bits per heavy atom. The number of carbonyl (C=O) groups is 1. The van der Waals surface area contributed by atoms with Crippen LogP contribution in [-0.2, 0) is 15.4 Å². The maximum absolute atomic E-state index is 12.8. The van der Waals surface area contributed by atoms with Gasteiger partial charge < -0.3 is 11.1 Å². The third-order valence-electron chi connectivity index (χ3n) is 5.78. The van der Waals surface area contributed by atoms with Crippen molar-refractivity contribution >= 4 is 33.2 Å². The van der Waals surface area contributed by atoms with Crippen LogP contribution >= 0.6 is 11.6 Å². The summed E-state index contributed by atoms with van der Waals surface area (Å²) >= 11 is 6.18. The molecule has 1 aliphatic rings. The first-order valence-corrected chi connectivity index (χ1v) is 12.1. The van der Waals surface area contributed by atoms with Gasteiger partial charge in [0.2, 0.25) is 10.0 Å². The van der Waals surface area contributed by atoms with Crippen LogP contribution in [0.3, 0.4) is 0 Å². The van der Waals surface area contributed by atoms with Crippen molar-refractivity contribution in [2.75, 3.05) is 31.1 Å². The highest BCUT2D eigenvalue weighted by molar-refractivity contribution is 7.89. The number of benzene rings is 2. The van der Waals surface area contributed by atoms with Crippen molar-refractivity contribution < 1.29 is 13.2 Å². The first-order chi connectivity index (χ1) is 14.3. The Bertz CT molecular complexity index is 968. The molecule has 0 saturated carbocycles. The molecule has 2 aromatic carbocycles. The zero-order valence-corrected chi connectivity index (χ0v) is 18.7. The number of hydrogen-bond acceptors (Lipinski definition) is 4. The van der Waals surface area contributed by atoms with Gasteiger partial charge in [0.1, 0.15) is 0 Å². The lowest BCUT2D eigenvalue weighted by Crippen LogP contribution is -2.50. The van der Waals surface area contributed by atoms with Crippen molar-refractivity contribution in [3.8, 4) is 0 Å². The van der Waals surface area contributed by atoms with Crippen molar-refractivity contribution in [3.05, 3.63) is 64.7 Å². The van der Waals surface area contributed by atoms with Gasteiger partial charge in [-0.15, -0.1) is 0 Å². The van der Waals surface area contributed by atoms with E-state index in [4.69, 9.17) is 17.3 Å². The molecule has 30 heavy (non-hydrogen) atoms. The Morgan fingerprint density at radius 2 is 1.80 bits per heavy atom. The van der Waals surface area contributed by atoms with E-state index in [1.807, 2.05) is 37.3 Å². The van der Waals surface area contributed by atoms with E-state index in [0.717, 1.165) is 5.56 Å². The molecule has 8 heteroatoms. The number of halogens is 1. The second-order valence-electron chi connectivity index (χ2n) is 7.75. The van der Waals surface area contributed by atoms with Gasteiger partial charge in [-0.3, -0.25) is 4.79 Å². The van der Waals surface area contributed by atoms with E-state index in [1.165, 1.54) is 0 Å². The third-order valence-corrected chi connectivity index (χ3v) is 8.17. The summed E-state index contributed by atoms with van der Waals surface area (Å²) in [5.41, 5.74) is 7.28. The molecule has 0 spiro atoms. The molecule has 1 saturated heterocycles. The van der Waals surface area contributed by atoms with Gasteiger partial charge in [0.25, 0.3) is 5.91 Å². The predicted molar refractivity (Wildman–Crippen MR) is 121 cm³/mol. The largest absolute Gasteiger partial charge is 0.398 e. The summed E-state index contributed by atoms with van der Waals surface area (Å²) in [7, 11) is -3.24. The molecule has 0 atom stereocenters. The van der Waals surface area contributed by atoms with Crippen molar-refractivity contribution in [1.29, 1.82) is 0 Å². The number of anilines is 1. The van der Waals surface area contributed by atoms with E-state index in [0.29, 0.717) is 49.6 Å². The fraction of sp³-hybridized carbons (Fsp3) is 0.409. The Labute approximate surface area is 183 Å². The minimum atomic E-state index is -3.24. The zero-order valence-electron chi connectivity index (χ0n) is 17.1. The number of nitrogens with zero attached hydrogens (tertiary/aromatic N) is 1. The van der Waals surface area contributed by atoms with Gasteiger partial charge in [-0.05, 0) is 37.0 Å². The van der Waals surface area contributed by atoms with E-state index in [2.05, 4.69) is 5.32 Å². The Balaban J connectivity index is 1.81. The molecule has 2 aromatic rings. The second kappa shape index (κ2) is 9.37. The van der Waals surface area contributed by atoms with Gasteiger partial charge >= 0.3 is 0 Å². The highest BCUT2D eigenvalue weighted by atomic mass is 35.5. The molecule has 0 aliphatic carbocycles. The Hall–Kier alpha value is -2.09. The molecule has 6 nitrogen and oxygen atoms in total. The highest BCUT2D eigenvalue weighted by Crippen LogP contribution is 2.36. The number of hydrogen-bond donors (Lipinski definition) is 2. The van der Waals surface area contributed by atoms with Crippen LogP contribution in [0.2, 0.25) is 5.02 Å². The Kier molecular flexibility index (Phi) is 7.06. The standard InChI is InChI=1S/C22H28ClN3O3S/c1-2-15-30(28,29)26-13-11-22(12-14-26,17-7-4-3-5-8-17)16-25-21(27)20-18(23)9-6-10-19(20)24/h3-10H,2,11-16,24H2,1H3,(H,25,27). The Morgan fingerprint density at radius 1 is 1.13 bits per heavy atom. The topological polar surface area (TPSA) is 92.5 Å². The average Bonchev–Trinajstić information content (AvgIpc) is 2.73. The van der Waals surface area contributed by atoms with Crippen LogP contribution in [-0.4, -0.2) is 44.0 Å². The predicted octanol–water partition coefficient (Wildman–Crippen LogP) is 3.43. The molecular formula is C22H28ClN3O3S. The summed E-state index contributed by atoms with van der Waals surface area (Å²) in [6, 6.07) is 14.9. The first kappa shape index (κ1) is 22.6. The average molecular weight is 450 g/mol. The first-order valence-electron chi connectivity index (χ1n) is 10.1. The van der Waals surface area contributed by atoms with Crippen molar-refractivity contribution in [1.82, 2.24) is 9.62 Å². The number of nitrogens with one attached hydrogen (secondary N) is 1. The highest BCUT2D eigenvalue weighted by Gasteiger charge is 2.39. The lowest BCUT2D eigenvalue weighted by atomic mass is 9.73. The van der Waals surface area contributed by atoms with Gasteiger partial charge in [0.15, 0.2) is 0 Å². The number of nitrogens with two attached hydrogens (primary N) is 1. The summed E-state index contributed by atoms with van der Waals surface area (Å²) < 4.78 is 26.5. The fourth-order valence-corrected chi connectivity index (χ4v) is 5.84. The molecule has 1 aliphatic heterocycles. The van der Waals surface area contributed by atoms with Crippen molar-refractivity contribution in [2.45, 2.75) is 31.6 Å². The van der Waals surface area contributed by atoms with Gasteiger partial charge in [0.05, 0.1) is 16.3 Å². The molecule has 0 radical (unpaired) electrons. The van der Waals surface area contributed by atoms with Gasteiger partial charge in [0, 0.05) is 30.7 Å². The lowest BCUT2D eigenvalue weighted by Gasteiger charge is -2.42. The van der Waals surface area contributed by atoms with Crippen LogP contribution in [0, 0.1) is 0 Å². The summed E-state index contributed by atoms with van der Waals surface area (Å²) in [5, 5.41) is 3.30. The minimum absolute atomic E-state index is 0.161. The van der Waals surface area contributed by atoms with Gasteiger partial charge in [-0.2, -0.15) is 0 Å². The smallest absolute Gasteiger partial charge is 0.254 e. The van der Waals surface area contributed by atoms with E-state index < -0.39 is 10.0 Å². The van der Waals surface area contributed by atoms with E-state index in [-0.39, 0.29) is 22.6 Å². The summed E-state index contributed by atoms with van der Waals surface area (Å²) in [6.07, 6.45) is 1.84. The maximum Gasteiger partial charge on any atom is 0.254 e. The molecule has 3 rings (SSSR count). The van der Waals surface area contributed by atoms with Crippen molar-refractivity contribution in [3.63, 3.8) is 0 Å². The molecule has 162 valence electrons. The number of piperidine rings is 1. The normalized spacial score (nSPS) is 16.9. The summed E-state index contributed by atoms with van der Waals surface area (Å²) in [6.45, 7) is 3.11. The number of sulfonamides is 1. The maximum atomic E-state index is 12.8. The van der Waals surface area contributed by atoms with Crippen molar-refractivity contribution in [2.24, 2.45) is 0 Å². The zero-order chi connectivity index (χ0) is 21.8. The molecular weight excluding hydrogens is 422 g/mol. The summed E-state index contributed by atoms with van der Waals surface area (Å²) in [4.78, 5) is 12.8. The molecule has 1 amide bonds. The number of nitrogen functional groups attached to an aromatic ring is 1. The van der Waals surface area contributed by atoms with Gasteiger partial charge in [-0.25, -0.2) is 12.7 Å². The SMILES string of the molecule is CCCS(=O)(=O)N1CCC(CNC(=O)c2c(N)cccc2Cl)(c2ccccc2)CC1. The molecule has 3 N–H and O–H groups in total. The van der Waals surface area contributed by atoms with Crippen LogP contribution < -0.4 is 11.1 Å². The molecule has 0 aromatic heterocycles. The number of rotatable bonds is 7. The lowest BCUT2D eigenvalue weighted by molar-refractivity contribution is 0.0934. The fourth-order valence-electron chi connectivity index (χ4n) is 4.06. The number of carbonyl (C=O) groups excluding carboxylic acids is 1. The molecule has 1 fully saturated rings. The monoisotopic (exact) mass is 449 g/mol.